The van der Waals surface area contributed by atoms with Crippen molar-refractivity contribution in [1.29, 1.82) is 0 Å². The molecule has 1 heterocycles. The van der Waals surface area contributed by atoms with E-state index in [1.54, 1.807) is 0 Å². The maximum atomic E-state index is 11.9. The second-order valence-electron chi connectivity index (χ2n) is 7.61. The summed E-state index contributed by atoms with van der Waals surface area (Å²) < 4.78 is 10.5. The molecule has 166 valence electrons. The molecule has 1 aromatic carbocycles. The van der Waals surface area contributed by atoms with Gasteiger partial charge < -0.3 is 9.47 Å². The van der Waals surface area contributed by atoms with Crippen molar-refractivity contribution in [2.24, 2.45) is 0 Å². The lowest BCUT2D eigenvalue weighted by Crippen LogP contribution is -2.12. The van der Waals surface area contributed by atoms with Gasteiger partial charge in [0.05, 0.1) is 18.5 Å². The summed E-state index contributed by atoms with van der Waals surface area (Å²) in [6.07, 6.45) is 11.9. The largest absolute Gasteiger partial charge is 0.463 e. The van der Waals surface area contributed by atoms with Crippen molar-refractivity contribution in [3.8, 4) is 17.1 Å². The molecule has 0 aliphatic heterocycles. The summed E-state index contributed by atoms with van der Waals surface area (Å²) in [5.41, 5.74) is 2.03. The second kappa shape index (κ2) is 13.3. The van der Waals surface area contributed by atoms with Gasteiger partial charge in [0.15, 0.2) is 11.6 Å². The first-order valence-corrected chi connectivity index (χ1v) is 10.9. The number of aromatic nitrogens is 2. The Hall–Kier alpha value is -3.02. The van der Waals surface area contributed by atoms with Crippen molar-refractivity contribution in [3.63, 3.8) is 0 Å². The molecule has 6 nitrogen and oxygen atoms in total. The van der Waals surface area contributed by atoms with Gasteiger partial charge in [-0.15, -0.1) is 6.58 Å². The quantitative estimate of drug-likeness (QED) is 0.241. The molecule has 2 aromatic rings. The fourth-order valence-corrected chi connectivity index (χ4v) is 3.14. The van der Waals surface area contributed by atoms with Crippen LogP contribution in [0.1, 0.15) is 64.4 Å². The maximum Gasteiger partial charge on any atom is 0.311 e. The highest BCUT2D eigenvalue weighted by Crippen LogP contribution is 2.19. The van der Waals surface area contributed by atoms with Gasteiger partial charge in [-0.2, -0.15) is 0 Å². The molecule has 0 amide bonds. The highest BCUT2D eigenvalue weighted by molar-refractivity contribution is 5.72. The monoisotopic (exact) mass is 424 g/mol. The third kappa shape index (κ3) is 9.55. The third-order valence-electron chi connectivity index (χ3n) is 4.82. The summed E-state index contributed by atoms with van der Waals surface area (Å²) in [5.74, 6) is 0.416. The van der Waals surface area contributed by atoms with Gasteiger partial charge in [0.1, 0.15) is 0 Å². The zero-order valence-electron chi connectivity index (χ0n) is 18.5. The van der Waals surface area contributed by atoms with Crippen LogP contribution in [0.15, 0.2) is 49.3 Å². The van der Waals surface area contributed by atoms with Gasteiger partial charge >= 0.3 is 11.9 Å². The molecule has 0 fully saturated rings. The number of carbonyl (C=O) groups excluding carboxylic acids is 2. The number of rotatable bonds is 13. The Labute approximate surface area is 184 Å². The Morgan fingerprint density at radius 2 is 1.74 bits per heavy atom. The molecule has 6 heteroatoms. The SMILES string of the molecule is C=CCCCCCCC(=O)Oc1cnc(-c2ccc(CCC(C)OC(C)=O)cc2)nc1. The predicted molar refractivity (Wildman–Crippen MR) is 121 cm³/mol. The van der Waals surface area contributed by atoms with Gasteiger partial charge in [0.2, 0.25) is 0 Å². The number of unbranched alkanes of at least 4 members (excludes halogenated alkanes) is 4. The zero-order valence-corrected chi connectivity index (χ0v) is 18.5. The van der Waals surface area contributed by atoms with Gasteiger partial charge in [0, 0.05) is 18.9 Å². The molecule has 1 unspecified atom stereocenters. The van der Waals surface area contributed by atoms with Gasteiger partial charge in [-0.1, -0.05) is 43.2 Å². The molecular formula is C25H32N2O4. The smallest absolute Gasteiger partial charge is 0.311 e. The summed E-state index contributed by atoms with van der Waals surface area (Å²) in [5, 5.41) is 0. The Morgan fingerprint density at radius 3 is 2.39 bits per heavy atom. The number of carbonyl (C=O) groups is 2. The van der Waals surface area contributed by atoms with Crippen molar-refractivity contribution in [3.05, 3.63) is 54.9 Å². The molecule has 1 atom stereocenters. The van der Waals surface area contributed by atoms with Crippen LogP contribution in [0, 0.1) is 0 Å². The van der Waals surface area contributed by atoms with Crippen molar-refractivity contribution < 1.29 is 19.1 Å². The summed E-state index contributed by atoms with van der Waals surface area (Å²) in [7, 11) is 0. The van der Waals surface area contributed by atoms with E-state index in [2.05, 4.69) is 16.5 Å². The molecule has 1 aromatic heterocycles. The van der Waals surface area contributed by atoms with Gasteiger partial charge in [-0.3, -0.25) is 9.59 Å². The Balaban J connectivity index is 1.78. The van der Waals surface area contributed by atoms with E-state index < -0.39 is 0 Å². The lowest BCUT2D eigenvalue weighted by Gasteiger charge is -2.11. The number of allylic oxidation sites excluding steroid dienone is 1. The molecule has 0 saturated carbocycles. The summed E-state index contributed by atoms with van der Waals surface area (Å²) in [6, 6.07) is 7.95. The zero-order chi connectivity index (χ0) is 22.5. The topological polar surface area (TPSA) is 78.4 Å². The van der Waals surface area contributed by atoms with E-state index in [4.69, 9.17) is 9.47 Å². The van der Waals surface area contributed by atoms with Crippen LogP contribution >= 0.6 is 0 Å². The van der Waals surface area contributed by atoms with Gasteiger partial charge in [0.25, 0.3) is 0 Å². The minimum absolute atomic E-state index is 0.104. The fraction of sp³-hybridized carbons (Fsp3) is 0.440. The predicted octanol–water partition coefficient (Wildman–Crippen LogP) is 5.46. The van der Waals surface area contributed by atoms with Crippen LogP contribution in [0.2, 0.25) is 0 Å². The van der Waals surface area contributed by atoms with E-state index in [-0.39, 0.29) is 18.0 Å². The molecule has 0 aliphatic rings. The van der Waals surface area contributed by atoms with Gasteiger partial charge in [-0.05, 0) is 44.6 Å². The number of esters is 2. The normalized spacial score (nSPS) is 11.5. The fourth-order valence-electron chi connectivity index (χ4n) is 3.14. The van der Waals surface area contributed by atoms with E-state index in [0.717, 1.165) is 56.1 Å². The lowest BCUT2D eigenvalue weighted by molar-refractivity contribution is -0.145. The standard InChI is InChI=1S/C25H32N2O4/c1-4-5-6-7-8-9-10-24(29)31-23-17-26-25(27-18-23)22-15-13-21(14-16-22)12-11-19(2)30-20(3)28/h4,13-19H,1,5-12H2,2-3H3. The highest BCUT2D eigenvalue weighted by Gasteiger charge is 2.09. The molecule has 0 aliphatic carbocycles. The Bertz CT molecular complexity index is 832. The molecule has 2 rings (SSSR count). The number of ether oxygens (including phenoxy) is 2. The molecule has 0 spiro atoms. The van der Waals surface area contributed by atoms with Crippen molar-refractivity contribution >= 4 is 11.9 Å². The first-order chi connectivity index (χ1) is 15.0. The minimum atomic E-state index is -0.257. The Morgan fingerprint density at radius 1 is 1.06 bits per heavy atom. The van der Waals surface area contributed by atoms with Crippen LogP contribution in [0.25, 0.3) is 11.4 Å². The van der Waals surface area contributed by atoms with Crippen LogP contribution in [0.4, 0.5) is 0 Å². The van der Waals surface area contributed by atoms with Crippen LogP contribution in [0.5, 0.6) is 5.75 Å². The third-order valence-corrected chi connectivity index (χ3v) is 4.82. The average molecular weight is 425 g/mol. The summed E-state index contributed by atoms with van der Waals surface area (Å²) in [6.45, 7) is 7.02. The van der Waals surface area contributed by atoms with Crippen LogP contribution in [-0.4, -0.2) is 28.0 Å². The number of nitrogens with zero attached hydrogens (tertiary/aromatic N) is 2. The minimum Gasteiger partial charge on any atom is -0.463 e. The van der Waals surface area contributed by atoms with Gasteiger partial charge in [-0.25, -0.2) is 9.97 Å². The summed E-state index contributed by atoms with van der Waals surface area (Å²) in [4.78, 5) is 31.5. The Kier molecular flexibility index (Phi) is 10.4. The van der Waals surface area contributed by atoms with Crippen LogP contribution in [-0.2, 0) is 20.7 Å². The van der Waals surface area contributed by atoms with Crippen LogP contribution < -0.4 is 4.74 Å². The molecule has 0 N–H and O–H groups in total. The molecule has 0 bridgehead atoms. The molecular weight excluding hydrogens is 392 g/mol. The van der Waals surface area contributed by atoms with Crippen LogP contribution in [0.3, 0.4) is 0 Å². The second-order valence-corrected chi connectivity index (χ2v) is 7.61. The van der Waals surface area contributed by atoms with E-state index in [0.29, 0.717) is 18.0 Å². The first-order valence-electron chi connectivity index (χ1n) is 10.9. The molecule has 0 radical (unpaired) electrons. The van der Waals surface area contributed by atoms with E-state index in [1.807, 2.05) is 37.3 Å². The number of benzene rings is 1. The van der Waals surface area contributed by atoms with E-state index in [1.165, 1.54) is 19.3 Å². The average Bonchev–Trinajstić information content (AvgIpc) is 2.75. The summed E-state index contributed by atoms with van der Waals surface area (Å²) >= 11 is 0. The number of hydrogen-bond donors (Lipinski definition) is 0. The van der Waals surface area contributed by atoms with Crippen molar-refractivity contribution in [1.82, 2.24) is 9.97 Å². The molecule has 0 saturated heterocycles. The first kappa shape index (κ1) is 24.3. The maximum absolute atomic E-state index is 11.9. The van der Waals surface area contributed by atoms with Crippen molar-refractivity contribution in [2.75, 3.05) is 0 Å². The molecule has 31 heavy (non-hydrogen) atoms. The number of aryl methyl sites for hydroxylation is 1. The highest BCUT2D eigenvalue weighted by atomic mass is 16.5. The lowest BCUT2D eigenvalue weighted by atomic mass is 10.1. The van der Waals surface area contributed by atoms with Crippen molar-refractivity contribution in [2.45, 2.75) is 71.3 Å². The van der Waals surface area contributed by atoms with E-state index >= 15 is 0 Å². The van der Waals surface area contributed by atoms with E-state index in [9.17, 15) is 9.59 Å². The number of hydrogen-bond acceptors (Lipinski definition) is 6.